The van der Waals surface area contributed by atoms with Crippen LogP contribution < -0.4 is 0 Å². The summed E-state index contributed by atoms with van der Waals surface area (Å²) in [6.07, 6.45) is 13.0. The van der Waals surface area contributed by atoms with Gasteiger partial charge in [-0.05, 0) is 80.4 Å². The standard InChI is InChI=1S/C36H50O7/c1-21-10-9-11-22(2)33(39)23(3)14-15-27-17-28(41-35(40)30-16-24(4)31(37)18-29(21)30)19-36(42-27)20-32(38)25(5)34(43-36)26-12-7-6-8-13-26/h9-11,14,16,18,22,25-28,32-34,37-39H,6-8,12-13,15,17,19-20H2,1-5H3/t22-,25-,27+,28-,32-,33-,34-,36-/m0/s1. The second kappa shape index (κ2) is 13.3. The van der Waals surface area contributed by atoms with Crippen LogP contribution in [0, 0.1) is 24.7 Å². The topological polar surface area (TPSA) is 105 Å². The largest absolute Gasteiger partial charge is 0.508 e. The molecule has 0 aromatic heterocycles. The van der Waals surface area contributed by atoms with Crippen molar-refractivity contribution in [1.82, 2.24) is 0 Å². The number of allylic oxidation sites excluding steroid dienone is 3. The Kier molecular flexibility index (Phi) is 9.86. The van der Waals surface area contributed by atoms with Gasteiger partial charge in [-0.25, -0.2) is 4.79 Å². The third kappa shape index (κ3) is 7.11. The molecule has 3 aliphatic heterocycles. The minimum atomic E-state index is -1.06. The van der Waals surface area contributed by atoms with Crippen molar-refractivity contribution < 1.29 is 34.3 Å². The number of benzene rings is 1. The number of phenolic OH excluding ortho intramolecular Hbond substituents is 1. The fourth-order valence-electron chi connectivity index (χ4n) is 7.51. The van der Waals surface area contributed by atoms with Crippen molar-refractivity contribution in [2.24, 2.45) is 17.8 Å². The van der Waals surface area contributed by atoms with Gasteiger partial charge < -0.3 is 29.5 Å². The lowest BCUT2D eigenvalue weighted by molar-refractivity contribution is -0.354. The van der Waals surface area contributed by atoms with E-state index in [4.69, 9.17) is 14.2 Å². The molecule has 0 amide bonds. The van der Waals surface area contributed by atoms with E-state index in [1.54, 1.807) is 19.1 Å². The van der Waals surface area contributed by atoms with E-state index >= 15 is 0 Å². The fraction of sp³-hybridized carbons (Fsp3) is 0.639. The predicted octanol–water partition coefficient (Wildman–Crippen LogP) is 6.77. The van der Waals surface area contributed by atoms with E-state index in [9.17, 15) is 20.1 Å². The highest BCUT2D eigenvalue weighted by Gasteiger charge is 2.53. The number of ether oxygens (including phenoxy) is 3. The van der Waals surface area contributed by atoms with Gasteiger partial charge in [0.15, 0.2) is 5.79 Å². The summed E-state index contributed by atoms with van der Waals surface area (Å²) in [5.41, 5.74) is 3.23. The van der Waals surface area contributed by atoms with Gasteiger partial charge in [0.2, 0.25) is 0 Å². The van der Waals surface area contributed by atoms with Crippen LogP contribution in [0.4, 0.5) is 0 Å². The third-order valence-electron chi connectivity index (χ3n) is 10.2. The van der Waals surface area contributed by atoms with Crippen LogP contribution in [0.15, 0.2) is 42.0 Å². The molecule has 1 saturated carbocycles. The Morgan fingerprint density at radius 1 is 0.930 bits per heavy atom. The first-order valence-corrected chi connectivity index (χ1v) is 16.2. The number of hydrogen-bond acceptors (Lipinski definition) is 7. The number of fused-ring (bicyclic) bond motifs is 3. The SMILES string of the molecule is CC1=CC=C[C@H](C)[C@H](O)C(C)=CC[C@@H]2C[C@@H](C[C@]3(C[C@H](O)[C@H](C)[C@@H](C4CCCCC4)O3)O2)OC(=O)c2cc(C)c(O)cc21. The molecule has 7 heteroatoms. The zero-order valence-corrected chi connectivity index (χ0v) is 26.4. The highest BCUT2D eigenvalue weighted by molar-refractivity contribution is 5.96. The molecule has 1 aliphatic carbocycles. The van der Waals surface area contributed by atoms with E-state index in [0.29, 0.717) is 48.3 Å². The van der Waals surface area contributed by atoms with Crippen LogP contribution in [-0.4, -0.2) is 57.6 Å². The minimum Gasteiger partial charge on any atom is -0.508 e. The first-order valence-electron chi connectivity index (χ1n) is 16.2. The fourth-order valence-corrected chi connectivity index (χ4v) is 7.51. The van der Waals surface area contributed by atoms with Gasteiger partial charge in [0.25, 0.3) is 0 Å². The van der Waals surface area contributed by atoms with E-state index in [-0.39, 0.29) is 29.8 Å². The van der Waals surface area contributed by atoms with E-state index in [1.807, 2.05) is 45.1 Å². The molecule has 3 heterocycles. The normalized spacial score (nSPS) is 36.4. The number of esters is 1. The summed E-state index contributed by atoms with van der Waals surface area (Å²) in [6.45, 7) is 9.63. The van der Waals surface area contributed by atoms with Crippen molar-refractivity contribution in [3.63, 3.8) is 0 Å². The number of carbonyl (C=O) groups excluding carboxylic acids is 1. The molecule has 1 aromatic rings. The Hall–Kier alpha value is -2.45. The third-order valence-corrected chi connectivity index (χ3v) is 10.2. The quantitative estimate of drug-likeness (QED) is 0.243. The van der Waals surface area contributed by atoms with Gasteiger partial charge in [-0.1, -0.05) is 57.4 Å². The van der Waals surface area contributed by atoms with Crippen LogP contribution in [0.25, 0.3) is 5.57 Å². The Balaban J connectivity index is 1.52. The number of hydrogen-bond donors (Lipinski definition) is 3. The summed E-state index contributed by atoms with van der Waals surface area (Å²) in [7, 11) is 0. The van der Waals surface area contributed by atoms with E-state index < -0.39 is 30.1 Å². The van der Waals surface area contributed by atoms with Crippen LogP contribution in [0.3, 0.4) is 0 Å². The van der Waals surface area contributed by atoms with Crippen molar-refractivity contribution >= 4 is 11.5 Å². The molecule has 0 unspecified atom stereocenters. The predicted molar refractivity (Wildman–Crippen MR) is 166 cm³/mol. The van der Waals surface area contributed by atoms with Gasteiger partial charge in [0.1, 0.15) is 11.9 Å². The lowest BCUT2D eigenvalue weighted by atomic mass is 9.75. The number of phenols is 1. The highest BCUT2D eigenvalue weighted by Crippen LogP contribution is 2.46. The van der Waals surface area contributed by atoms with Gasteiger partial charge in [-0.3, -0.25) is 0 Å². The zero-order valence-electron chi connectivity index (χ0n) is 26.4. The summed E-state index contributed by atoms with van der Waals surface area (Å²) in [5, 5.41) is 32.9. The Labute approximate surface area is 256 Å². The molecule has 7 nitrogen and oxygen atoms in total. The summed E-state index contributed by atoms with van der Waals surface area (Å²) in [5.74, 6) is -1.17. The molecule has 3 N–H and O–H groups in total. The van der Waals surface area contributed by atoms with Gasteiger partial charge in [-0.15, -0.1) is 0 Å². The van der Waals surface area contributed by atoms with Crippen molar-refractivity contribution in [1.29, 1.82) is 0 Å². The van der Waals surface area contributed by atoms with Crippen molar-refractivity contribution in [2.75, 3.05) is 0 Å². The molecule has 0 radical (unpaired) electrons. The van der Waals surface area contributed by atoms with Crippen molar-refractivity contribution in [3.8, 4) is 5.75 Å². The average molecular weight is 595 g/mol. The molecular weight excluding hydrogens is 544 g/mol. The maximum Gasteiger partial charge on any atom is 0.339 e. The molecule has 1 aromatic carbocycles. The van der Waals surface area contributed by atoms with Crippen molar-refractivity contribution in [2.45, 2.75) is 129 Å². The molecule has 5 rings (SSSR count). The van der Waals surface area contributed by atoms with Crippen LogP contribution in [0.1, 0.15) is 107 Å². The summed E-state index contributed by atoms with van der Waals surface area (Å²) in [6, 6.07) is 3.30. The molecule has 43 heavy (non-hydrogen) atoms. The molecule has 2 saturated heterocycles. The number of aliphatic hydroxyl groups is 2. The maximum absolute atomic E-state index is 13.8. The summed E-state index contributed by atoms with van der Waals surface area (Å²) < 4.78 is 19.9. The number of rotatable bonds is 1. The average Bonchev–Trinajstić information content (AvgIpc) is 2.98. The molecule has 8 atom stereocenters. The number of aromatic hydroxyl groups is 1. The molecular formula is C36H50O7. The number of aliphatic hydroxyl groups excluding tert-OH is 2. The summed E-state index contributed by atoms with van der Waals surface area (Å²) >= 11 is 0. The lowest BCUT2D eigenvalue weighted by Gasteiger charge is -2.53. The molecule has 3 fully saturated rings. The highest BCUT2D eigenvalue weighted by atomic mass is 16.7. The second-order valence-corrected chi connectivity index (χ2v) is 13.6. The Bertz CT molecular complexity index is 1260. The smallest absolute Gasteiger partial charge is 0.339 e. The molecule has 2 bridgehead atoms. The van der Waals surface area contributed by atoms with Crippen molar-refractivity contribution in [3.05, 3.63) is 58.7 Å². The molecule has 1 spiro atoms. The minimum absolute atomic E-state index is 0.00614. The van der Waals surface area contributed by atoms with Crippen LogP contribution in [-0.2, 0) is 14.2 Å². The monoisotopic (exact) mass is 594 g/mol. The first-order chi connectivity index (χ1) is 20.5. The van der Waals surface area contributed by atoms with Gasteiger partial charge >= 0.3 is 5.97 Å². The number of aryl methyl sites for hydroxylation is 1. The molecule has 4 aliphatic rings. The first kappa shape index (κ1) is 32.0. The van der Waals surface area contributed by atoms with Crippen LogP contribution >= 0.6 is 0 Å². The second-order valence-electron chi connectivity index (χ2n) is 13.6. The number of carbonyl (C=O) groups is 1. The van der Waals surface area contributed by atoms with Crippen LogP contribution in [0.2, 0.25) is 0 Å². The van der Waals surface area contributed by atoms with E-state index in [2.05, 4.69) is 6.92 Å². The van der Waals surface area contributed by atoms with E-state index in [0.717, 1.165) is 24.0 Å². The van der Waals surface area contributed by atoms with Gasteiger partial charge in [0.05, 0.1) is 30.0 Å². The Morgan fingerprint density at radius 3 is 2.42 bits per heavy atom. The Morgan fingerprint density at radius 2 is 1.67 bits per heavy atom. The van der Waals surface area contributed by atoms with Gasteiger partial charge in [0, 0.05) is 31.1 Å². The maximum atomic E-state index is 13.8. The zero-order chi connectivity index (χ0) is 30.9. The van der Waals surface area contributed by atoms with Crippen LogP contribution in [0.5, 0.6) is 5.75 Å². The molecule has 236 valence electrons. The summed E-state index contributed by atoms with van der Waals surface area (Å²) in [4.78, 5) is 13.8. The van der Waals surface area contributed by atoms with E-state index in [1.165, 1.54) is 19.3 Å². The van der Waals surface area contributed by atoms with Gasteiger partial charge in [-0.2, -0.15) is 0 Å². The lowest BCUT2D eigenvalue weighted by Crippen LogP contribution is -2.59.